The van der Waals surface area contributed by atoms with Crippen LogP contribution in [-0.4, -0.2) is 46.7 Å². The van der Waals surface area contributed by atoms with Gasteiger partial charge in [-0.2, -0.15) is 4.31 Å². The lowest BCUT2D eigenvalue weighted by Crippen LogP contribution is -2.36. The molecule has 202 valence electrons. The Bertz CT molecular complexity index is 1620. The van der Waals surface area contributed by atoms with Gasteiger partial charge in [0.05, 0.1) is 18.7 Å². The highest BCUT2D eigenvalue weighted by Crippen LogP contribution is 2.40. The largest absolute Gasteiger partial charge is 0.573 e. The van der Waals surface area contributed by atoms with Crippen molar-refractivity contribution in [3.05, 3.63) is 102 Å². The number of fused-ring (bicyclic) bond motifs is 3. The maximum Gasteiger partial charge on any atom is 0.573 e. The quantitative estimate of drug-likeness (QED) is 0.322. The maximum absolute atomic E-state index is 14.3. The standard InChI is InChI=1S/C26H21F3N4O5S/c1-37-25(34)18-9-10-21(38-26(27,28)29)22(15-18)39(35,36)33-16-19-8-5-11-30-23(19)32-13-12-31-24(32)20(33)14-17-6-3-2-4-7-17/h2-13,15,20H,14,16H2,1H3. The first-order valence-corrected chi connectivity index (χ1v) is 13.0. The molecule has 0 saturated carbocycles. The van der Waals surface area contributed by atoms with E-state index < -0.39 is 39.0 Å². The molecule has 1 atom stereocenters. The summed E-state index contributed by atoms with van der Waals surface area (Å²) in [5.74, 6) is -1.14. The van der Waals surface area contributed by atoms with Crippen LogP contribution in [0.15, 0.2) is 84.1 Å². The van der Waals surface area contributed by atoms with E-state index in [1.54, 1.807) is 41.2 Å². The number of imidazole rings is 1. The number of aromatic nitrogens is 3. The van der Waals surface area contributed by atoms with Crippen LogP contribution in [0.5, 0.6) is 5.75 Å². The Hall–Kier alpha value is -4.23. The zero-order chi connectivity index (χ0) is 27.8. The number of alkyl halides is 3. The van der Waals surface area contributed by atoms with E-state index >= 15 is 0 Å². The minimum atomic E-state index is -5.19. The summed E-state index contributed by atoms with van der Waals surface area (Å²) < 4.78 is 80.1. The van der Waals surface area contributed by atoms with Crippen molar-refractivity contribution in [2.45, 2.75) is 30.3 Å². The third-order valence-corrected chi connectivity index (χ3v) is 8.06. The molecule has 0 amide bonds. The molecule has 9 nitrogen and oxygen atoms in total. The zero-order valence-corrected chi connectivity index (χ0v) is 21.2. The molecule has 0 aliphatic carbocycles. The van der Waals surface area contributed by atoms with Crippen LogP contribution in [0, 0.1) is 0 Å². The van der Waals surface area contributed by atoms with E-state index in [1.807, 2.05) is 18.2 Å². The van der Waals surface area contributed by atoms with Crippen molar-refractivity contribution in [1.82, 2.24) is 18.8 Å². The summed E-state index contributed by atoms with van der Waals surface area (Å²) in [6.07, 6.45) is -0.347. The van der Waals surface area contributed by atoms with Crippen LogP contribution < -0.4 is 4.74 Å². The summed E-state index contributed by atoms with van der Waals surface area (Å²) in [5, 5.41) is 0. The van der Waals surface area contributed by atoms with Gasteiger partial charge >= 0.3 is 12.3 Å². The molecule has 1 aliphatic heterocycles. The van der Waals surface area contributed by atoms with E-state index in [2.05, 4.69) is 19.4 Å². The first kappa shape index (κ1) is 26.4. The van der Waals surface area contributed by atoms with Gasteiger partial charge in [0.15, 0.2) is 0 Å². The Labute approximate surface area is 221 Å². The van der Waals surface area contributed by atoms with Crippen molar-refractivity contribution in [3.8, 4) is 11.6 Å². The molecule has 39 heavy (non-hydrogen) atoms. The molecule has 0 bridgehead atoms. The van der Waals surface area contributed by atoms with Crippen LogP contribution in [0.25, 0.3) is 5.82 Å². The summed E-state index contributed by atoms with van der Waals surface area (Å²) in [5.41, 5.74) is 1.01. The molecule has 2 aromatic heterocycles. The summed E-state index contributed by atoms with van der Waals surface area (Å²) in [6.45, 7) is -0.236. The van der Waals surface area contributed by atoms with E-state index in [4.69, 9.17) is 0 Å². The highest BCUT2D eigenvalue weighted by Gasteiger charge is 2.42. The molecule has 5 rings (SSSR count). The second kappa shape index (κ2) is 10.2. The summed E-state index contributed by atoms with van der Waals surface area (Å²) in [6, 6.07) is 14.0. The molecule has 1 aliphatic rings. The van der Waals surface area contributed by atoms with E-state index in [0.29, 0.717) is 17.2 Å². The third kappa shape index (κ3) is 5.22. The number of hydrogen-bond donors (Lipinski definition) is 0. The molecular formula is C26H21F3N4O5S. The topological polar surface area (TPSA) is 104 Å². The average molecular weight is 559 g/mol. The van der Waals surface area contributed by atoms with Gasteiger partial charge in [0.2, 0.25) is 10.0 Å². The van der Waals surface area contributed by atoms with Crippen LogP contribution in [0.4, 0.5) is 13.2 Å². The van der Waals surface area contributed by atoms with Crippen molar-refractivity contribution in [3.63, 3.8) is 0 Å². The number of hydrogen-bond acceptors (Lipinski definition) is 7. The number of esters is 1. The summed E-state index contributed by atoms with van der Waals surface area (Å²) >= 11 is 0. The Kier molecular flexibility index (Phi) is 6.87. The molecule has 0 spiro atoms. The maximum atomic E-state index is 14.3. The fourth-order valence-electron chi connectivity index (χ4n) is 4.49. The highest BCUT2D eigenvalue weighted by atomic mass is 32.2. The molecule has 2 aromatic carbocycles. The number of nitrogens with zero attached hydrogens (tertiary/aromatic N) is 4. The van der Waals surface area contributed by atoms with Gasteiger partial charge < -0.3 is 9.47 Å². The molecule has 0 saturated heterocycles. The fourth-order valence-corrected chi connectivity index (χ4v) is 6.20. The van der Waals surface area contributed by atoms with Gasteiger partial charge in [-0.1, -0.05) is 36.4 Å². The molecule has 4 aromatic rings. The zero-order valence-electron chi connectivity index (χ0n) is 20.4. The van der Waals surface area contributed by atoms with Crippen LogP contribution in [0.2, 0.25) is 0 Å². The number of halogens is 3. The first-order chi connectivity index (χ1) is 18.6. The number of ether oxygens (including phenoxy) is 2. The molecule has 13 heteroatoms. The van der Waals surface area contributed by atoms with Crippen molar-refractivity contribution in [2.75, 3.05) is 7.11 Å². The van der Waals surface area contributed by atoms with Crippen molar-refractivity contribution >= 4 is 16.0 Å². The van der Waals surface area contributed by atoms with Crippen LogP contribution in [-0.2, 0) is 27.7 Å². The Morgan fingerprint density at radius 1 is 1.05 bits per heavy atom. The van der Waals surface area contributed by atoms with Gasteiger partial charge in [-0.15, -0.1) is 13.2 Å². The lowest BCUT2D eigenvalue weighted by molar-refractivity contribution is -0.275. The van der Waals surface area contributed by atoms with Crippen LogP contribution >= 0.6 is 0 Å². The molecule has 0 radical (unpaired) electrons. The minimum Gasteiger partial charge on any atom is -0.465 e. The Morgan fingerprint density at radius 3 is 2.54 bits per heavy atom. The predicted molar refractivity (Wildman–Crippen MR) is 131 cm³/mol. The fraction of sp³-hybridized carbons (Fsp3) is 0.192. The second-order valence-electron chi connectivity index (χ2n) is 8.60. The minimum absolute atomic E-state index is 0.150. The number of sulfonamides is 1. The van der Waals surface area contributed by atoms with E-state index in [1.165, 1.54) is 6.20 Å². The lowest BCUT2D eigenvalue weighted by Gasteiger charge is -2.29. The van der Waals surface area contributed by atoms with Gasteiger partial charge in [0.25, 0.3) is 0 Å². The Morgan fingerprint density at radius 2 is 1.82 bits per heavy atom. The summed E-state index contributed by atoms with van der Waals surface area (Å²) in [4.78, 5) is 20.2. The predicted octanol–water partition coefficient (Wildman–Crippen LogP) is 4.44. The number of rotatable bonds is 6. The van der Waals surface area contributed by atoms with Gasteiger partial charge in [-0.25, -0.2) is 23.2 Å². The van der Waals surface area contributed by atoms with Crippen LogP contribution in [0.1, 0.15) is 33.4 Å². The first-order valence-electron chi connectivity index (χ1n) is 11.6. The van der Waals surface area contributed by atoms with Gasteiger partial charge in [-0.3, -0.25) is 4.57 Å². The highest BCUT2D eigenvalue weighted by molar-refractivity contribution is 7.89. The number of benzene rings is 2. The number of carbonyl (C=O) groups excluding carboxylic acids is 1. The summed E-state index contributed by atoms with van der Waals surface area (Å²) in [7, 11) is -3.69. The molecule has 0 N–H and O–H groups in total. The normalized spacial score (nSPS) is 15.6. The third-order valence-electron chi connectivity index (χ3n) is 6.19. The van der Waals surface area contributed by atoms with Gasteiger partial charge in [0, 0.05) is 30.7 Å². The van der Waals surface area contributed by atoms with Crippen molar-refractivity contribution in [1.29, 1.82) is 0 Å². The van der Waals surface area contributed by atoms with Crippen molar-refractivity contribution in [2.24, 2.45) is 0 Å². The number of methoxy groups -OCH3 is 1. The van der Waals surface area contributed by atoms with E-state index in [0.717, 1.165) is 35.2 Å². The molecule has 3 heterocycles. The molecular weight excluding hydrogens is 537 g/mol. The SMILES string of the molecule is COC(=O)c1ccc(OC(F)(F)F)c(S(=O)(=O)N2Cc3cccnc3-n3ccnc3C2Cc2ccccc2)c1. The number of pyridine rings is 1. The smallest absolute Gasteiger partial charge is 0.465 e. The lowest BCUT2D eigenvalue weighted by atomic mass is 10.1. The molecule has 1 unspecified atom stereocenters. The van der Waals surface area contributed by atoms with Gasteiger partial charge in [0.1, 0.15) is 22.3 Å². The Balaban J connectivity index is 1.72. The average Bonchev–Trinajstić information content (AvgIpc) is 3.35. The van der Waals surface area contributed by atoms with E-state index in [9.17, 15) is 26.4 Å². The van der Waals surface area contributed by atoms with Crippen LogP contribution in [0.3, 0.4) is 0 Å². The second-order valence-corrected chi connectivity index (χ2v) is 10.5. The van der Waals surface area contributed by atoms with Gasteiger partial charge in [-0.05, 0) is 36.2 Å². The molecule has 0 fully saturated rings. The monoisotopic (exact) mass is 558 g/mol. The number of carbonyl (C=O) groups is 1. The van der Waals surface area contributed by atoms with E-state index in [-0.39, 0.29) is 18.5 Å². The van der Waals surface area contributed by atoms with Crippen molar-refractivity contribution < 1.29 is 35.9 Å².